The summed E-state index contributed by atoms with van der Waals surface area (Å²) in [6, 6.07) is 1.61. The van der Waals surface area contributed by atoms with Crippen molar-refractivity contribution in [3.8, 4) is 5.75 Å². The van der Waals surface area contributed by atoms with E-state index in [9.17, 15) is 8.42 Å². The number of nitrogens with zero attached hydrogens (tertiary/aromatic N) is 1. The lowest BCUT2D eigenvalue weighted by atomic mass is 10.3. The van der Waals surface area contributed by atoms with E-state index in [4.69, 9.17) is 4.74 Å². The van der Waals surface area contributed by atoms with Crippen LogP contribution in [-0.2, 0) is 10.0 Å². The van der Waals surface area contributed by atoms with Gasteiger partial charge in [0.05, 0.1) is 24.2 Å². The molecule has 0 bridgehead atoms. The Balaban J connectivity index is 2.20. The molecule has 0 aromatic carbocycles. The molecule has 1 aromatic heterocycles. The third kappa shape index (κ3) is 3.48. The molecule has 0 unspecified atom stereocenters. The van der Waals surface area contributed by atoms with E-state index in [1.165, 1.54) is 6.20 Å². The van der Waals surface area contributed by atoms with Crippen molar-refractivity contribution in [3.63, 3.8) is 0 Å². The Hall–Kier alpha value is -1.50. The number of ether oxygens (including phenoxy) is 1. The number of hydrogen-bond acceptors (Lipinski definition) is 5. The summed E-state index contributed by atoms with van der Waals surface area (Å²) in [6.07, 6.45) is 5.01. The lowest BCUT2D eigenvalue weighted by molar-refractivity contribution is 0.303. The molecule has 1 aliphatic rings. The number of nitrogens with one attached hydrogen (secondary N) is 2. The molecule has 94 valence electrons. The highest BCUT2D eigenvalue weighted by Gasteiger charge is 2.24. The van der Waals surface area contributed by atoms with Crippen LogP contribution in [0.15, 0.2) is 12.3 Å². The van der Waals surface area contributed by atoms with Gasteiger partial charge in [-0.3, -0.25) is 4.72 Å². The Bertz CT molecular complexity index is 512. The average molecular weight is 257 g/mol. The Morgan fingerprint density at radius 3 is 2.71 bits per heavy atom. The summed E-state index contributed by atoms with van der Waals surface area (Å²) in [5.74, 6) is 0.925. The minimum atomic E-state index is -3.31. The molecule has 0 saturated heterocycles. The molecule has 1 heterocycles. The summed E-state index contributed by atoms with van der Waals surface area (Å²) in [7, 11) is -1.56. The van der Waals surface area contributed by atoms with E-state index in [1.54, 1.807) is 13.1 Å². The van der Waals surface area contributed by atoms with Crippen LogP contribution in [0.2, 0.25) is 0 Å². The van der Waals surface area contributed by atoms with E-state index >= 15 is 0 Å². The van der Waals surface area contributed by atoms with E-state index in [0.717, 1.165) is 24.8 Å². The number of hydrogen-bond donors (Lipinski definition) is 2. The van der Waals surface area contributed by atoms with Crippen molar-refractivity contribution in [1.29, 1.82) is 0 Å². The van der Waals surface area contributed by atoms with E-state index < -0.39 is 10.0 Å². The number of sulfonamides is 1. The van der Waals surface area contributed by atoms with Gasteiger partial charge in [-0.1, -0.05) is 0 Å². The highest BCUT2D eigenvalue weighted by atomic mass is 32.2. The van der Waals surface area contributed by atoms with Crippen molar-refractivity contribution >= 4 is 21.5 Å². The molecule has 6 nitrogen and oxygen atoms in total. The molecule has 1 aromatic rings. The highest BCUT2D eigenvalue weighted by Crippen LogP contribution is 2.32. The van der Waals surface area contributed by atoms with Gasteiger partial charge >= 0.3 is 0 Å². The molecule has 0 radical (unpaired) electrons. The minimum Gasteiger partial charge on any atom is -0.487 e. The van der Waals surface area contributed by atoms with E-state index in [-0.39, 0.29) is 11.9 Å². The van der Waals surface area contributed by atoms with Crippen molar-refractivity contribution in [2.45, 2.75) is 18.9 Å². The summed E-state index contributed by atoms with van der Waals surface area (Å²) in [5, 5.41) is 2.96. The lowest BCUT2D eigenvalue weighted by Gasteiger charge is -2.11. The fourth-order valence-corrected chi connectivity index (χ4v) is 1.83. The second-order valence-electron chi connectivity index (χ2n) is 4.01. The predicted molar refractivity (Wildman–Crippen MR) is 65.9 cm³/mol. The zero-order valence-electron chi connectivity index (χ0n) is 9.73. The van der Waals surface area contributed by atoms with Crippen LogP contribution in [-0.4, -0.2) is 32.8 Å². The minimum absolute atomic E-state index is 0.276. The molecule has 0 atom stereocenters. The Kier molecular flexibility index (Phi) is 3.10. The van der Waals surface area contributed by atoms with Gasteiger partial charge in [0, 0.05) is 13.1 Å². The monoisotopic (exact) mass is 257 g/mol. The van der Waals surface area contributed by atoms with Gasteiger partial charge in [0.1, 0.15) is 5.82 Å². The summed E-state index contributed by atoms with van der Waals surface area (Å²) >= 11 is 0. The van der Waals surface area contributed by atoms with Gasteiger partial charge in [0.2, 0.25) is 10.0 Å². The number of anilines is 2. The van der Waals surface area contributed by atoms with Gasteiger partial charge in [-0.15, -0.1) is 0 Å². The molecule has 0 aliphatic heterocycles. The maximum atomic E-state index is 11.1. The van der Waals surface area contributed by atoms with Crippen molar-refractivity contribution in [1.82, 2.24) is 4.98 Å². The van der Waals surface area contributed by atoms with Crippen molar-refractivity contribution in [3.05, 3.63) is 12.3 Å². The van der Waals surface area contributed by atoms with Crippen LogP contribution in [0.5, 0.6) is 5.75 Å². The SMILES string of the molecule is CNc1cc(NS(C)(=O)=O)ncc1OC1CC1. The molecule has 7 heteroatoms. The Morgan fingerprint density at radius 2 is 2.18 bits per heavy atom. The van der Waals surface area contributed by atoms with Gasteiger partial charge < -0.3 is 10.1 Å². The fraction of sp³-hybridized carbons (Fsp3) is 0.500. The van der Waals surface area contributed by atoms with Gasteiger partial charge in [-0.05, 0) is 12.8 Å². The molecule has 0 spiro atoms. The van der Waals surface area contributed by atoms with Crippen molar-refractivity contribution in [2.75, 3.05) is 23.3 Å². The van der Waals surface area contributed by atoms with Crippen LogP contribution >= 0.6 is 0 Å². The standard InChI is InChI=1S/C10H15N3O3S/c1-11-8-5-10(13-17(2,14)15)12-6-9(8)16-7-3-4-7/h5-7H,3-4H2,1-2H3,(H2,11,12,13). The normalized spacial score (nSPS) is 15.4. The molecule has 1 saturated carbocycles. The van der Waals surface area contributed by atoms with Crippen LogP contribution in [0.4, 0.5) is 11.5 Å². The van der Waals surface area contributed by atoms with Crippen LogP contribution < -0.4 is 14.8 Å². The molecule has 2 rings (SSSR count). The summed E-state index contributed by atoms with van der Waals surface area (Å²) < 4.78 is 30.1. The van der Waals surface area contributed by atoms with E-state index in [2.05, 4.69) is 15.0 Å². The highest BCUT2D eigenvalue weighted by molar-refractivity contribution is 7.92. The summed E-state index contributed by atoms with van der Waals surface area (Å²) in [6.45, 7) is 0. The van der Waals surface area contributed by atoms with Crippen molar-refractivity contribution < 1.29 is 13.2 Å². The third-order valence-electron chi connectivity index (χ3n) is 2.24. The average Bonchev–Trinajstić information content (AvgIpc) is 3.02. The quantitative estimate of drug-likeness (QED) is 0.823. The van der Waals surface area contributed by atoms with E-state index in [0.29, 0.717) is 5.75 Å². The van der Waals surface area contributed by atoms with E-state index in [1.807, 2.05) is 0 Å². The second-order valence-corrected chi connectivity index (χ2v) is 5.76. The summed E-state index contributed by atoms with van der Waals surface area (Å²) in [4.78, 5) is 4.00. The largest absolute Gasteiger partial charge is 0.487 e. The summed E-state index contributed by atoms with van der Waals surface area (Å²) in [5.41, 5.74) is 0.720. The second kappa shape index (κ2) is 4.40. The molecule has 17 heavy (non-hydrogen) atoms. The Labute approximate surface area is 100 Å². The zero-order valence-corrected chi connectivity index (χ0v) is 10.5. The van der Waals surface area contributed by atoms with Gasteiger partial charge in [0.15, 0.2) is 5.75 Å². The van der Waals surface area contributed by atoms with Crippen LogP contribution in [0.25, 0.3) is 0 Å². The van der Waals surface area contributed by atoms with Gasteiger partial charge in [-0.25, -0.2) is 13.4 Å². The maximum absolute atomic E-state index is 11.1. The molecule has 2 N–H and O–H groups in total. The smallest absolute Gasteiger partial charge is 0.230 e. The van der Waals surface area contributed by atoms with Crippen LogP contribution in [0.3, 0.4) is 0 Å². The maximum Gasteiger partial charge on any atom is 0.230 e. The Morgan fingerprint density at radius 1 is 1.47 bits per heavy atom. The predicted octanol–water partition coefficient (Wildman–Crippen LogP) is 1.04. The lowest BCUT2D eigenvalue weighted by Crippen LogP contribution is -2.11. The topological polar surface area (TPSA) is 80.3 Å². The van der Waals surface area contributed by atoms with Crippen LogP contribution in [0, 0.1) is 0 Å². The zero-order chi connectivity index (χ0) is 12.5. The molecular weight excluding hydrogens is 242 g/mol. The number of rotatable bonds is 5. The van der Waals surface area contributed by atoms with Crippen molar-refractivity contribution in [2.24, 2.45) is 0 Å². The molecule has 0 amide bonds. The first kappa shape index (κ1) is 12.0. The number of pyridine rings is 1. The first-order valence-corrected chi connectivity index (χ1v) is 7.19. The molecule has 1 fully saturated rings. The van der Waals surface area contributed by atoms with Gasteiger partial charge in [-0.2, -0.15) is 0 Å². The van der Waals surface area contributed by atoms with Crippen LogP contribution in [0.1, 0.15) is 12.8 Å². The van der Waals surface area contributed by atoms with Gasteiger partial charge in [0.25, 0.3) is 0 Å². The first-order chi connectivity index (χ1) is 7.98. The third-order valence-corrected chi connectivity index (χ3v) is 2.82. The first-order valence-electron chi connectivity index (χ1n) is 5.30. The fourth-order valence-electron chi connectivity index (χ4n) is 1.34. The molecular formula is C10H15N3O3S. The molecule has 1 aliphatic carbocycles. The number of aromatic nitrogens is 1.